The second kappa shape index (κ2) is 11.1. The molecule has 10 heteroatoms. The van der Waals surface area contributed by atoms with Crippen molar-refractivity contribution in [1.29, 1.82) is 0 Å². The maximum Gasteiger partial charge on any atom is 0.389 e. The van der Waals surface area contributed by atoms with Gasteiger partial charge in [0, 0.05) is 31.6 Å². The van der Waals surface area contributed by atoms with Crippen molar-refractivity contribution >= 4 is 17.8 Å². The van der Waals surface area contributed by atoms with E-state index < -0.39 is 30.6 Å². The summed E-state index contributed by atoms with van der Waals surface area (Å²) >= 11 is 0. The Morgan fingerprint density at radius 2 is 1.76 bits per heavy atom. The van der Waals surface area contributed by atoms with E-state index in [0.717, 1.165) is 12.0 Å². The highest BCUT2D eigenvalue weighted by Crippen LogP contribution is 2.43. The smallest absolute Gasteiger partial charge is 0.389 e. The van der Waals surface area contributed by atoms with Crippen molar-refractivity contribution in [2.24, 2.45) is 4.99 Å². The standard InChI is InChI=1S/C27H30F3N3O4/c1-36-21-10-6-11-22(37-2)24(21)33-23(12-7-14-27(28,29)30)31-16-20(26(33)35)25(34)32-15-13-19(17-32)18-8-4-3-5-9-18/h3-6,8-11,16,19,23,35H,7,12-15,17H2,1-2H3/t19?,23-/m0/s1. The van der Waals surface area contributed by atoms with Crippen LogP contribution in [0.1, 0.15) is 37.2 Å². The van der Waals surface area contributed by atoms with Gasteiger partial charge < -0.3 is 19.5 Å². The number of methoxy groups -OCH3 is 2. The van der Waals surface area contributed by atoms with Gasteiger partial charge in [-0.25, -0.2) is 0 Å². The van der Waals surface area contributed by atoms with E-state index >= 15 is 0 Å². The molecule has 37 heavy (non-hydrogen) atoms. The van der Waals surface area contributed by atoms with Gasteiger partial charge in [0.2, 0.25) is 5.88 Å². The minimum absolute atomic E-state index is 0.0114. The zero-order valence-corrected chi connectivity index (χ0v) is 20.7. The Labute approximate surface area is 213 Å². The highest BCUT2D eigenvalue weighted by Gasteiger charge is 2.37. The van der Waals surface area contributed by atoms with Crippen LogP contribution in [0.25, 0.3) is 0 Å². The van der Waals surface area contributed by atoms with Crippen LogP contribution in [-0.4, -0.2) is 61.8 Å². The third-order valence-electron chi connectivity index (χ3n) is 6.68. The molecule has 2 aromatic rings. The monoisotopic (exact) mass is 517 g/mol. The summed E-state index contributed by atoms with van der Waals surface area (Å²) in [6.07, 6.45) is -4.35. The molecule has 0 bridgehead atoms. The largest absolute Gasteiger partial charge is 0.494 e. The molecule has 0 saturated carbocycles. The first-order valence-electron chi connectivity index (χ1n) is 12.1. The molecule has 4 rings (SSSR count). The number of aliphatic hydroxyl groups excluding tert-OH is 1. The number of carbonyl (C=O) groups is 1. The van der Waals surface area contributed by atoms with Crippen molar-refractivity contribution in [3.63, 3.8) is 0 Å². The second-order valence-corrected chi connectivity index (χ2v) is 9.03. The molecule has 7 nitrogen and oxygen atoms in total. The van der Waals surface area contributed by atoms with Gasteiger partial charge in [0.1, 0.15) is 28.9 Å². The van der Waals surface area contributed by atoms with Crippen LogP contribution in [0.2, 0.25) is 0 Å². The molecule has 2 atom stereocenters. The number of nitrogens with zero attached hydrogens (tertiary/aromatic N) is 3. The number of amides is 1. The number of para-hydroxylation sites is 1. The number of rotatable bonds is 8. The topological polar surface area (TPSA) is 74.6 Å². The Balaban J connectivity index is 1.65. The number of halogens is 3. The average Bonchev–Trinajstić information content (AvgIpc) is 3.38. The Bertz CT molecular complexity index is 1140. The van der Waals surface area contributed by atoms with Crippen LogP contribution >= 0.6 is 0 Å². The van der Waals surface area contributed by atoms with Gasteiger partial charge in [-0.1, -0.05) is 36.4 Å². The summed E-state index contributed by atoms with van der Waals surface area (Å²) in [4.78, 5) is 20.9. The third-order valence-corrected chi connectivity index (χ3v) is 6.68. The summed E-state index contributed by atoms with van der Waals surface area (Å²) in [7, 11) is 2.87. The summed E-state index contributed by atoms with van der Waals surface area (Å²) in [5.74, 6) is 0.0195. The SMILES string of the molecule is COc1cccc(OC)c1N1C(O)=C(C(=O)N2CCC(c3ccccc3)C2)C=N[C@@H]1CCCC(F)(F)F. The van der Waals surface area contributed by atoms with Crippen LogP contribution in [0.5, 0.6) is 11.5 Å². The van der Waals surface area contributed by atoms with Crippen LogP contribution in [0.4, 0.5) is 18.9 Å². The van der Waals surface area contributed by atoms with Crippen molar-refractivity contribution in [3.05, 3.63) is 65.6 Å². The summed E-state index contributed by atoms with van der Waals surface area (Å²) in [6.45, 7) is 0.996. The molecule has 2 heterocycles. The summed E-state index contributed by atoms with van der Waals surface area (Å²) < 4.78 is 49.5. The van der Waals surface area contributed by atoms with E-state index in [2.05, 4.69) is 4.99 Å². The number of alkyl halides is 3. The maximum absolute atomic E-state index is 13.5. The van der Waals surface area contributed by atoms with Gasteiger partial charge in [0.15, 0.2) is 0 Å². The quantitative estimate of drug-likeness (QED) is 0.505. The van der Waals surface area contributed by atoms with Crippen molar-refractivity contribution in [1.82, 2.24) is 4.90 Å². The number of aliphatic imine (C=N–C) groups is 1. The molecule has 1 N–H and O–H groups in total. The van der Waals surface area contributed by atoms with Crippen LogP contribution < -0.4 is 14.4 Å². The Morgan fingerprint density at radius 1 is 1.08 bits per heavy atom. The van der Waals surface area contributed by atoms with Crippen molar-refractivity contribution in [2.75, 3.05) is 32.2 Å². The molecule has 1 unspecified atom stereocenters. The molecule has 1 amide bonds. The third kappa shape index (κ3) is 5.84. The lowest BCUT2D eigenvalue weighted by Gasteiger charge is -2.35. The highest BCUT2D eigenvalue weighted by atomic mass is 19.4. The van der Waals surface area contributed by atoms with Crippen molar-refractivity contribution in [3.8, 4) is 11.5 Å². The normalized spacial score (nSPS) is 19.9. The molecule has 1 fully saturated rings. The number of hydrogen-bond donors (Lipinski definition) is 1. The predicted octanol–water partition coefficient (Wildman–Crippen LogP) is 5.44. The minimum atomic E-state index is -4.31. The van der Waals surface area contributed by atoms with Gasteiger partial charge >= 0.3 is 6.18 Å². The van der Waals surface area contributed by atoms with Gasteiger partial charge in [-0.05, 0) is 37.0 Å². The molecular formula is C27H30F3N3O4. The molecular weight excluding hydrogens is 487 g/mol. The van der Waals surface area contributed by atoms with E-state index in [0.29, 0.717) is 24.6 Å². The second-order valence-electron chi connectivity index (χ2n) is 9.03. The molecule has 0 spiro atoms. The number of hydrogen-bond acceptors (Lipinski definition) is 6. The van der Waals surface area contributed by atoms with Crippen LogP contribution in [0.3, 0.4) is 0 Å². The van der Waals surface area contributed by atoms with Gasteiger partial charge in [-0.15, -0.1) is 0 Å². The van der Waals surface area contributed by atoms with Gasteiger partial charge in [-0.2, -0.15) is 13.2 Å². The Kier molecular flexibility index (Phi) is 7.94. The highest BCUT2D eigenvalue weighted by molar-refractivity contribution is 6.13. The molecule has 0 aromatic heterocycles. The first-order valence-corrected chi connectivity index (χ1v) is 12.1. The maximum atomic E-state index is 13.5. The van der Waals surface area contributed by atoms with Crippen molar-refractivity contribution in [2.45, 2.75) is 43.9 Å². The van der Waals surface area contributed by atoms with E-state index in [1.807, 2.05) is 30.3 Å². The van der Waals surface area contributed by atoms with E-state index in [4.69, 9.17) is 9.47 Å². The van der Waals surface area contributed by atoms with Crippen molar-refractivity contribution < 1.29 is 32.5 Å². The summed E-state index contributed by atoms with van der Waals surface area (Å²) in [5.41, 5.74) is 1.39. The molecule has 1 saturated heterocycles. The number of carbonyl (C=O) groups excluding carboxylic acids is 1. The first kappa shape index (κ1) is 26.4. The summed E-state index contributed by atoms with van der Waals surface area (Å²) in [5, 5.41) is 11.4. The number of anilines is 1. The molecule has 2 aliphatic rings. The molecule has 2 aromatic carbocycles. The average molecular weight is 518 g/mol. The van der Waals surface area contributed by atoms with E-state index in [1.54, 1.807) is 23.1 Å². The number of benzene rings is 2. The number of likely N-dealkylation sites (tertiary alicyclic amines) is 1. The number of aliphatic hydroxyl groups is 1. The van der Waals surface area contributed by atoms with E-state index in [1.165, 1.54) is 25.3 Å². The molecule has 198 valence electrons. The van der Waals surface area contributed by atoms with Gasteiger partial charge in [0.25, 0.3) is 5.91 Å². The Hall–Kier alpha value is -3.69. The van der Waals surface area contributed by atoms with Crippen LogP contribution in [-0.2, 0) is 4.79 Å². The minimum Gasteiger partial charge on any atom is -0.494 e. The fourth-order valence-electron chi connectivity index (χ4n) is 4.83. The van der Waals surface area contributed by atoms with Crippen LogP contribution in [0, 0.1) is 0 Å². The molecule has 0 radical (unpaired) electrons. The fourth-order valence-corrected chi connectivity index (χ4v) is 4.83. The van der Waals surface area contributed by atoms with E-state index in [9.17, 15) is 23.1 Å². The Morgan fingerprint density at radius 3 is 2.38 bits per heavy atom. The predicted molar refractivity (Wildman–Crippen MR) is 134 cm³/mol. The molecule has 2 aliphatic heterocycles. The summed E-state index contributed by atoms with van der Waals surface area (Å²) in [6, 6.07) is 14.9. The van der Waals surface area contributed by atoms with Gasteiger partial charge in [0.05, 0.1) is 14.2 Å². The lowest BCUT2D eigenvalue weighted by atomic mass is 9.99. The zero-order valence-electron chi connectivity index (χ0n) is 20.7. The first-order chi connectivity index (χ1) is 17.7. The van der Waals surface area contributed by atoms with E-state index in [-0.39, 0.29) is 30.0 Å². The fraction of sp³-hybridized carbons (Fsp3) is 0.407. The lowest BCUT2D eigenvalue weighted by Crippen LogP contribution is -2.41. The number of ether oxygens (including phenoxy) is 2. The van der Waals surface area contributed by atoms with Crippen LogP contribution in [0.15, 0.2) is 65.0 Å². The zero-order chi connectivity index (χ0) is 26.6. The lowest BCUT2D eigenvalue weighted by molar-refractivity contribution is -0.135. The van der Waals surface area contributed by atoms with Gasteiger partial charge in [-0.3, -0.25) is 14.7 Å². The molecule has 0 aliphatic carbocycles.